The van der Waals surface area contributed by atoms with Gasteiger partial charge in [-0.15, -0.1) is 0 Å². The van der Waals surface area contributed by atoms with Crippen molar-refractivity contribution in [2.45, 2.75) is 39.2 Å². The van der Waals surface area contributed by atoms with E-state index in [4.69, 9.17) is 0 Å². The zero-order chi connectivity index (χ0) is 11.9. The van der Waals surface area contributed by atoms with Crippen molar-refractivity contribution in [1.82, 2.24) is 4.90 Å². The Labute approximate surface area is 104 Å². The fraction of sp³-hybridized carbons (Fsp3) is 0.533. The molecule has 0 fully saturated rings. The first-order chi connectivity index (χ1) is 8.40. The lowest BCUT2D eigenvalue weighted by Gasteiger charge is -2.20. The molecule has 0 unspecified atom stereocenters. The minimum atomic E-state index is 0.980. The molecule has 0 saturated carbocycles. The third-order valence-corrected chi connectivity index (χ3v) is 3.25. The van der Waals surface area contributed by atoms with E-state index in [9.17, 15) is 0 Å². The van der Waals surface area contributed by atoms with Gasteiger partial charge in [0.1, 0.15) is 0 Å². The molecule has 0 aromatic heterocycles. The van der Waals surface area contributed by atoms with Crippen LogP contribution in [0, 0.1) is 0 Å². The van der Waals surface area contributed by atoms with Gasteiger partial charge in [0.2, 0.25) is 0 Å². The van der Waals surface area contributed by atoms with Crippen molar-refractivity contribution in [1.29, 1.82) is 0 Å². The molecule has 0 atom stereocenters. The summed E-state index contributed by atoms with van der Waals surface area (Å²) in [5, 5.41) is 0. The Morgan fingerprint density at radius 3 is 2.76 bits per heavy atom. The molecule has 2 heteroatoms. The highest BCUT2D eigenvalue weighted by Gasteiger charge is 2.15. The Bertz CT molecular complexity index is 356. The van der Waals surface area contributed by atoms with Crippen molar-refractivity contribution >= 4 is 5.84 Å². The van der Waals surface area contributed by atoms with Gasteiger partial charge >= 0.3 is 0 Å². The topological polar surface area (TPSA) is 15.6 Å². The molecule has 17 heavy (non-hydrogen) atoms. The van der Waals surface area contributed by atoms with E-state index >= 15 is 0 Å². The summed E-state index contributed by atoms with van der Waals surface area (Å²) in [6.07, 6.45) is 5.03. The number of benzene rings is 1. The first-order valence-electron chi connectivity index (χ1n) is 6.72. The van der Waals surface area contributed by atoms with E-state index in [2.05, 4.69) is 47.1 Å². The smallest absolute Gasteiger partial charge is 0.0993 e. The number of hydrogen-bond donors (Lipinski definition) is 0. The van der Waals surface area contributed by atoms with Gasteiger partial charge in [0, 0.05) is 19.5 Å². The van der Waals surface area contributed by atoms with E-state index in [1.807, 2.05) is 0 Å². The first-order valence-corrected chi connectivity index (χ1v) is 6.72. The summed E-state index contributed by atoms with van der Waals surface area (Å²) in [6.45, 7) is 5.34. The normalized spacial score (nSPS) is 15.1. The van der Waals surface area contributed by atoms with Crippen molar-refractivity contribution < 1.29 is 0 Å². The highest BCUT2D eigenvalue weighted by atomic mass is 15.2. The SMILES string of the molecule is CCCCCC1=NCCN1Cc1ccccc1. The van der Waals surface area contributed by atoms with E-state index < -0.39 is 0 Å². The second-order valence-electron chi connectivity index (χ2n) is 4.66. The number of nitrogens with zero attached hydrogens (tertiary/aromatic N) is 2. The van der Waals surface area contributed by atoms with Crippen molar-refractivity contribution in [3.63, 3.8) is 0 Å². The highest BCUT2D eigenvalue weighted by Crippen LogP contribution is 2.13. The number of rotatable bonds is 6. The number of unbranched alkanes of at least 4 members (excludes halogenated alkanes) is 2. The second-order valence-corrected chi connectivity index (χ2v) is 4.66. The van der Waals surface area contributed by atoms with Gasteiger partial charge in [-0.25, -0.2) is 0 Å². The Morgan fingerprint density at radius 2 is 2.00 bits per heavy atom. The van der Waals surface area contributed by atoms with Crippen LogP contribution in [0.2, 0.25) is 0 Å². The summed E-state index contributed by atoms with van der Waals surface area (Å²) >= 11 is 0. The molecule has 1 aromatic rings. The molecule has 0 aliphatic carbocycles. The zero-order valence-electron chi connectivity index (χ0n) is 10.7. The largest absolute Gasteiger partial charge is 0.354 e. The lowest BCUT2D eigenvalue weighted by Crippen LogP contribution is -2.27. The maximum atomic E-state index is 4.63. The fourth-order valence-electron chi connectivity index (χ4n) is 2.27. The monoisotopic (exact) mass is 230 g/mol. The van der Waals surface area contributed by atoms with Crippen LogP contribution in [0.25, 0.3) is 0 Å². The maximum absolute atomic E-state index is 4.63. The summed E-state index contributed by atoms with van der Waals surface area (Å²) < 4.78 is 0. The van der Waals surface area contributed by atoms with Crippen molar-refractivity contribution in [2.24, 2.45) is 4.99 Å². The molecular formula is C15H22N2. The standard InChI is InChI=1S/C15H22N2/c1-2-3-5-10-15-16-11-12-17(15)13-14-8-6-4-7-9-14/h4,6-9H,2-3,5,10-13H2,1H3. The molecule has 1 aliphatic heterocycles. The van der Waals surface area contributed by atoms with E-state index in [0.717, 1.165) is 26.1 Å². The molecular weight excluding hydrogens is 208 g/mol. The molecule has 0 spiro atoms. The van der Waals surface area contributed by atoms with E-state index in [-0.39, 0.29) is 0 Å². The van der Waals surface area contributed by atoms with Gasteiger partial charge in [-0.2, -0.15) is 0 Å². The van der Waals surface area contributed by atoms with Gasteiger partial charge in [0.05, 0.1) is 12.4 Å². The van der Waals surface area contributed by atoms with Crippen LogP contribution in [0.3, 0.4) is 0 Å². The summed E-state index contributed by atoms with van der Waals surface area (Å²) in [5.74, 6) is 1.32. The lowest BCUT2D eigenvalue weighted by molar-refractivity contribution is 0.441. The van der Waals surface area contributed by atoms with Crippen LogP contribution in [-0.2, 0) is 6.54 Å². The van der Waals surface area contributed by atoms with Crippen LogP contribution in [0.15, 0.2) is 35.3 Å². The highest BCUT2D eigenvalue weighted by molar-refractivity contribution is 5.83. The van der Waals surface area contributed by atoms with Gasteiger partial charge in [0.25, 0.3) is 0 Å². The summed E-state index contributed by atoms with van der Waals surface area (Å²) in [6, 6.07) is 10.7. The molecule has 1 aromatic carbocycles. The van der Waals surface area contributed by atoms with Crippen LogP contribution in [0.1, 0.15) is 38.2 Å². The van der Waals surface area contributed by atoms with Gasteiger partial charge in [-0.1, -0.05) is 50.1 Å². The average Bonchev–Trinajstić information content (AvgIpc) is 2.79. The predicted octanol–water partition coefficient (Wildman–Crippen LogP) is 3.48. The molecule has 1 heterocycles. The molecule has 0 bridgehead atoms. The van der Waals surface area contributed by atoms with Gasteiger partial charge < -0.3 is 4.90 Å². The van der Waals surface area contributed by atoms with Gasteiger partial charge in [0.15, 0.2) is 0 Å². The van der Waals surface area contributed by atoms with Crippen molar-refractivity contribution in [3.05, 3.63) is 35.9 Å². The van der Waals surface area contributed by atoms with Crippen LogP contribution >= 0.6 is 0 Å². The molecule has 2 nitrogen and oxygen atoms in total. The zero-order valence-corrected chi connectivity index (χ0v) is 10.7. The van der Waals surface area contributed by atoms with Crippen LogP contribution in [0.4, 0.5) is 0 Å². The molecule has 0 amide bonds. The van der Waals surface area contributed by atoms with Crippen LogP contribution in [-0.4, -0.2) is 23.8 Å². The van der Waals surface area contributed by atoms with Crippen molar-refractivity contribution in [2.75, 3.05) is 13.1 Å². The van der Waals surface area contributed by atoms with Gasteiger partial charge in [-0.3, -0.25) is 4.99 Å². The number of aliphatic imine (C=N–C) groups is 1. The molecule has 2 rings (SSSR count). The van der Waals surface area contributed by atoms with Crippen LogP contribution in [0.5, 0.6) is 0 Å². The van der Waals surface area contributed by atoms with E-state index in [1.54, 1.807) is 0 Å². The second kappa shape index (κ2) is 6.43. The molecule has 92 valence electrons. The lowest BCUT2D eigenvalue weighted by atomic mass is 10.1. The Kier molecular flexibility index (Phi) is 4.60. The Hall–Kier alpha value is -1.31. The summed E-state index contributed by atoms with van der Waals surface area (Å²) in [5.41, 5.74) is 1.39. The third kappa shape index (κ3) is 3.58. The van der Waals surface area contributed by atoms with Gasteiger partial charge in [-0.05, 0) is 12.0 Å². The third-order valence-electron chi connectivity index (χ3n) is 3.25. The first kappa shape index (κ1) is 12.2. The quantitative estimate of drug-likeness (QED) is 0.683. The minimum absolute atomic E-state index is 0.980. The summed E-state index contributed by atoms with van der Waals surface area (Å²) in [7, 11) is 0. The maximum Gasteiger partial charge on any atom is 0.0993 e. The molecule has 0 radical (unpaired) electrons. The fourth-order valence-corrected chi connectivity index (χ4v) is 2.27. The predicted molar refractivity (Wildman–Crippen MR) is 73.3 cm³/mol. The molecule has 1 aliphatic rings. The van der Waals surface area contributed by atoms with Crippen LogP contribution < -0.4 is 0 Å². The number of amidine groups is 1. The van der Waals surface area contributed by atoms with Crippen molar-refractivity contribution in [3.8, 4) is 0 Å². The molecule has 0 saturated heterocycles. The minimum Gasteiger partial charge on any atom is -0.354 e. The Balaban J connectivity index is 1.86. The number of hydrogen-bond acceptors (Lipinski definition) is 2. The molecule has 0 N–H and O–H groups in total. The average molecular weight is 230 g/mol. The van der Waals surface area contributed by atoms with E-state index in [1.165, 1.54) is 30.7 Å². The summed E-state index contributed by atoms with van der Waals surface area (Å²) in [4.78, 5) is 7.06. The Morgan fingerprint density at radius 1 is 1.18 bits per heavy atom. The van der Waals surface area contributed by atoms with E-state index in [0.29, 0.717) is 0 Å².